The standard InChI is InChI=1S/C23H28O4/c1-4-21(17(2)3)27-23(25)12-8-11-22(24)26-20-15-13-19(14-16-20)18-9-6-5-7-10-18/h5-7,9-10,13-17,21H,4,8,11-12H2,1-3H3. The van der Waals surface area contributed by atoms with Crippen LogP contribution in [-0.2, 0) is 14.3 Å². The molecule has 2 aromatic carbocycles. The van der Waals surface area contributed by atoms with Crippen molar-refractivity contribution < 1.29 is 19.1 Å². The summed E-state index contributed by atoms with van der Waals surface area (Å²) >= 11 is 0. The van der Waals surface area contributed by atoms with Crippen molar-refractivity contribution >= 4 is 11.9 Å². The molecule has 0 fully saturated rings. The van der Waals surface area contributed by atoms with Gasteiger partial charge in [-0.05, 0) is 42.0 Å². The Morgan fingerprint density at radius 2 is 1.44 bits per heavy atom. The van der Waals surface area contributed by atoms with Crippen molar-refractivity contribution in [1.29, 1.82) is 0 Å². The molecule has 0 aliphatic rings. The van der Waals surface area contributed by atoms with E-state index in [0.29, 0.717) is 18.1 Å². The Balaban J connectivity index is 1.75. The van der Waals surface area contributed by atoms with Gasteiger partial charge >= 0.3 is 11.9 Å². The number of hydrogen-bond acceptors (Lipinski definition) is 4. The maximum absolute atomic E-state index is 12.0. The van der Waals surface area contributed by atoms with Crippen LogP contribution in [0.4, 0.5) is 0 Å². The maximum atomic E-state index is 12.0. The molecule has 0 aliphatic heterocycles. The SMILES string of the molecule is CCC(OC(=O)CCCC(=O)Oc1ccc(-c2ccccc2)cc1)C(C)C. The fourth-order valence-corrected chi connectivity index (χ4v) is 2.82. The molecule has 0 spiro atoms. The summed E-state index contributed by atoms with van der Waals surface area (Å²) in [6, 6.07) is 17.4. The highest BCUT2D eigenvalue weighted by atomic mass is 16.5. The fraction of sp³-hybridized carbons (Fsp3) is 0.391. The number of benzene rings is 2. The largest absolute Gasteiger partial charge is 0.462 e. The molecule has 1 unspecified atom stereocenters. The lowest BCUT2D eigenvalue weighted by atomic mass is 10.1. The van der Waals surface area contributed by atoms with Gasteiger partial charge in [-0.15, -0.1) is 0 Å². The molecule has 0 radical (unpaired) electrons. The molecule has 0 heterocycles. The van der Waals surface area contributed by atoms with Crippen molar-refractivity contribution in [3.05, 3.63) is 54.6 Å². The molecule has 2 aromatic rings. The Hall–Kier alpha value is -2.62. The Labute approximate surface area is 161 Å². The van der Waals surface area contributed by atoms with Crippen LogP contribution in [0, 0.1) is 5.92 Å². The van der Waals surface area contributed by atoms with E-state index in [1.54, 1.807) is 12.1 Å². The monoisotopic (exact) mass is 368 g/mol. The first-order valence-electron chi connectivity index (χ1n) is 9.55. The first-order valence-corrected chi connectivity index (χ1v) is 9.55. The molecule has 1 atom stereocenters. The zero-order chi connectivity index (χ0) is 19.6. The van der Waals surface area contributed by atoms with Crippen molar-refractivity contribution in [3.8, 4) is 16.9 Å². The molecule has 4 heteroatoms. The second-order valence-corrected chi connectivity index (χ2v) is 6.90. The van der Waals surface area contributed by atoms with E-state index in [1.165, 1.54) is 0 Å². The van der Waals surface area contributed by atoms with Gasteiger partial charge in [0, 0.05) is 12.8 Å². The quantitative estimate of drug-likeness (QED) is 0.439. The Bertz CT molecular complexity index is 720. The number of esters is 2. The Kier molecular flexibility index (Phi) is 8.05. The van der Waals surface area contributed by atoms with Gasteiger partial charge in [0.25, 0.3) is 0 Å². The zero-order valence-corrected chi connectivity index (χ0v) is 16.3. The van der Waals surface area contributed by atoms with E-state index in [1.807, 2.05) is 63.2 Å². The molecule has 0 N–H and O–H groups in total. The van der Waals surface area contributed by atoms with Crippen LogP contribution in [0.5, 0.6) is 5.75 Å². The average Bonchev–Trinajstić information content (AvgIpc) is 2.67. The molecule has 0 saturated carbocycles. The number of carbonyl (C=O) groups is 2. The smallest absolute Gasteiger partial charge is 0.311 e. The van der Waals surface area contributed by atoms with Crippen molar-refractivity contribution in [3.63, 3.8) is 0 Å². The summed E-state index contributed by atoms with van der Waals surface area (Å²) in [4.78, 5) is 23.8. The van der Waals surface area contributed by atoms with Gasteiger partial charge < -0.3 is 9.47 Å². The molecular formula is C23H28O4. The lowest BCUT2D eigenvalue weighted by molar-refractivity contribution is -0.151. The predicted molar refractivity (Wildman–Crippen MR) is 106 cm³/mol. The second kappa shape index (κ2) is 10.5. The third-order valence-corrected chi connectivity index (χ3v) is 4.38. The van der Waals surface area contributed by atoms with E-state index in [-0.39, 0.29) is 30.9 Å². The molecule has 144 valence electrons. The van der Waals surface area contributed by atoms with Gasteiger partial charge in [0.05, 0.1) is 0 Å². The van der Waals surface area contributed by atoms with Gasteiger partial charge in [0.15, 0.2) is 0 Å². The molecule has 0 aliphatic carbocycles. The summed E-state index contributed by atoms with van der Waals surface area (Å²) < 4.78 is 10.8. The lowest BCUT2D eigenvalue weighted by Gasteiger charge is -2.19. The molecule has 0 aromatic heterocycles. The van der Waals surface area contributed by atoms with Gasteiger partial charge in [0.2, 0.25) is 0 Å². The highest BCUT2D eigenvalue weighted by Crippen LogP contribution is 2.22. The third kappa shape index (κ3) is 6.89. The fourth-order valence-electron chi connectivity index (χ4n) is 2.82. The summed E-state index contributed by atoms with van der Waals surface area (Å²) in [5.74, 6) is 0.206. The van der Waals surface area contributed by atoms with Crippen LogP contribution in [-0.4, -0.2) is 18.0 Å². The first-order chi connectivity index (χ1) is 13.0. The van der Waals surface area contributed by atoms with Crippen LogP contribution < -0.4 is 4.74 Å². The highest BCUT2D eigenvalue weighted by molar-refractivity contribution is 5.74. The summed E-state index contributed by atoms with van der Waals surface area (Å²) in [5, 5.41) is 0. The molecule has 4 nitrogen and oxygen atoms in total. The van der Waals surface area contributed by atoms with Crippen LogP contribution in [0.25, 0.3) is 11.1 Å². The molecule has 2 rings (SSSR count). The van der Waals surface area contributed by atoms with Crippen LogP contribution in [0.3, 0.4) is 0 Å². The normalized spacial score (nSPS) is 11.9. The van der Waals surface area contributed by atoms with Crippen LogP contribution in [0.1, 0.15) is 46.5 Å². The topological polar surface area (TPSA) is 52.6 Å². The van der Waals surface area contributed by atoms with Crippen molar-refractivity contribution in [2.45, 2.75) is 52.6 Å². The van der Waals surface area contributed by atoms with E-state index in [4.69, 9.17) is 9.47 Å². The predicted octanol–water partition coefficient (Wildman–Crippen LogP) is 5.41. The van der Waals surface area contributed by atoms with Crippen LogP contribution in [0.15, 0.2) is 54.6 Å². The van der Waals surface area contributed by atoms with Crippen molar-refractivity contribution in [1.82, 2.24) is 0 Å². The summed E-state index contributed by atoms with van der Waals surface area (Å²) in [6.07, 6.45) is 1.57. The summed E-state index contributed by atoms with van der Waals surface area (Å²) in [7, 11) is 0. The van der Waals surface area contributed by atoms with E-state index >= 15 is 0 Å². The number of ether oxygens (including phenoxy) is 2. The molecule has 0 amide bonds. The lowest BCUT2D eigenvalue weighted by Crippen LogP contribution is -2.22. The van der Waals surface area contributed by atoms with Crippen LogP contribution >= 0.6 is 0 Å². The van der Waals surface area contributed by atoms with Gasteiger partial charge in [-0.1, -0.05) is 63.2 Å². The van der Waals surface area contributed by atoms with Gasteiger partial charge in [0.1, 0.15) is 11.9 Å². The average molecular weight is 368 g/mol. The molecular weight excluding hydrogens is 340 g/mol. The minimum atomic E-state index is -0.342. The zero-order valence-electron chi connectivity index (χ0n) is 16.3. The number of rotatable bonds is 9. The first kappa shape index (κ1) is 20.7. The molecule has 0 saturated heterocycles. The van der Waals surface area contributed by atoms with Crippen molar-refractivity contribution in [2.24, 2.45) is 5.92 Å². The minimum absolute atomic E-state index is 0.0624. The number of carbonyl (C=O) groups excluding carboxylic acids is 2. The van der Waals surface area contributed by atoms with Crippen LogP contribution in [0.2, 0.25) is 0 Å². The molecule has 27 heavy (non-hydrogen) atoms. The molecule has 0 bridgehead atoms. The highest BCUT2D eigenvalue weighted by Gasteiger charge is 2.16. The van der Waals surface area contributed by atoms with Gasteiger partial charge in [-0.3, -0.25) is 9.59 Å². The van der Waals surface area contributed by atoms with E-state index < -0.39 is 0 Å². The minimum Gasteiger partial charge on any atom is -0.462 e. The number of hydrogen-bond donors (Lipinski definition) is 0. The van der Waals surface area contributed by atoms with Gasteiger partial charge in [-0.2, -0.15) is 0 Å². The summed E-state index contributed by atoms with van der Waals surface area (Å²) in [5.41, 5.74) is 2.18. The maximum Gasteiger partial charge on any atom is 0.311 e. The van der Waals surface area contributed by atoms with Crippen molar-refractivity contribution in [2.75, 3.05) is 0 Å². The van der Waals surface area contributed by atoms with E-state index in [0.717, 1.165) is 17.5 Å². The second-order valence-electron chi connectivity index (χ2n) is 6.90. The van der Waals surface area contributed by atoms with E-state index in [2.05, 4.69) is 0 Å². The van der Waals surface area contributed by atoms with Gasteiger partial charge in [-0.25, -0.2) is 0 Å². The van der Waals surface area contributed by atoms with E-state index in [9.17, 15) is 9.59 Å². The summed E-state index contributed by atoms with van der Waals surface area (Å²) in [6.45, 7) is 6.06. The Morgan fingerprint density at radius 1 is 0.852 bits per heavy atom. The third-order valence-electron chi connectivity index (χ3n) is 4.38. The Morgan fingerprint density at radius 3 is 2.04 bits per heavy atom.